The smallest absolute Gasteiger partial charge is 0.220 e. The lowest BCUT2D eigenvalue weighted by Gasteiger charge is -2.40. The van der Waals surface area contributed by atoms with E-state index in [1.807, 2.05) is 6.08 Å². The summed E-state index contributed by atoms with van der Waals surface area (Å²) in [5.74, 6) is -0.198. The number of ether oxygens (including phenoxy) is 2. The Labute approximate surface area is 396 Å². The number of amides is 1. The Morgan fingerprint density at radius 2 is 0.969 bits per heavy atom. The summed E-state index contributed by atoms with van der Waals surface area (Å²) in [7, 11) is 0. The lowest BCUT2D eigenvalue weighted by Crippen LogP contribution is -2.60. The molecule has 0 saturated carbocycles. The van der Waals surface area contributed by atoms with Gasteiger partial charge in [-0.1, -0.05) is 195 Å². The van der Waals surface area contributed by atoms with Crippen molar-refractivity contribution in [2.45, 2.75) is 236 Å². The fourth-order valence-corrected chi connectivity index (χ4v) is 7.51. The summed E-state index contributed by atoms with van der Waals surface area (Å²) in [5.41, 5.74) is 0. The molecule has 1 fully saturated rings. The second-order valence-electron chi connectivity index (χ2n) is 17.6. The van der Waals surface area contributed by atoms with Crippen LogP contribution in [0.25, 0.3) is 0 Å². The second-order valence-corrected chi connectivity index (χ2v) is 17.6. The Kier molecular flexibility index (Phi) is 41.6. The van der Waals surface area contributed by atoms with Gasteiger partial charge in [-0.25, -0.2) is 0 Å². The molecule has 0 bridgehead atoms. The molecule has 0 aromatic rings. The molecule has 1 rings (SSSR count). The van der Waals surface area contributed by atoms with Gasteiger partial charge in [0.15, 0.2) is 6.29 Å². The van der Waals surface area contributed by atoms with Crippen LogP contribution in [-0.2, 0) is 14.3 Å². The highest BCUT2D eigenvalue weighted by atomic mass is 16.7. The molecule has 0 aliphatic carbocycles. The lowest BCUT2D eigenvalue weighted by atomic mass is 9.99. The maximum atomic E-state index is 13.0. The molecule has 0 radical (unpaired) electrons. The zero-order chi connectivity index (χ0) is 47.3. The SMILES string of the molecule is CC/C=C\C/C=C\C/C=C\C/C=C\C/C=C\CCCCCCCCCCCCCCCC(=O)NC(COC1OC(CO)C(O)C(O)C1O)C(O)/C=C/CC/C=C/CC/C=C/CCCCC. The molecule has 1 saturated heterocycles. The average molecular weight is 910 g/mol. The summed E-state index contributed by atoms with van der Waals surface area (Å²) < 4.78 is 11.2. The van der Waals surface area contributed by atoms with E-state index in [9.17, 15) is 30.3 Å². The van der Waals surface area contributed by atoms with Gasteiger partial charge in [-0.15, -0.1) is 0 Å². The molecular formula is C56H95NO8. The van der Waals surface area contributed by atoms with Gasteiger partial charge in [0.1, 0.15) is 24.4 Å². The molecule has 1 heterocycles. The lowest BCUT2D eigenvalue weighted by molar-refractivity contribution is -0.302. The van der Waals surface area contributed by atoms with Crippen LogP contribution < -0.4 is 5.32 Å². The third-order valence-corrected chi connectivity index (χ3v) is 11.6. The second kappa shape index (κ2) is 44.9. The normalized spacial score (nSPS) is 20.8. The van der Waals surface area contributed by atoms with Crippen LogP contribution in [-0.4, -0.2) is 87.5 Å². The highest BCUT2D eigenvalue weighted by Gasteiger charge is 2.44. The number of nitrogens with one attached hydrogen (secondary N) is 1. The molecular weight excluding hydrogens is 815 g/mol. The Bertz CT molecular complexity index is 1330. The molecule has 65 heavy (non-hydrogen) atoms. The first-order valence-corrected chi connectivity index (χ1v) is 26.0. The molecule has 7 unspecified atom stereocenters. The van der Waals surface area contributed by atoms with Gasteiger partial charge in [-0.2, -0.15) is 0 Å². The number of carbonyl (C=O) groups excluding carboxylic acids is 1. The summed E-state index contributed by atoms with van der Waals surface area (Å²) >= 11 is 0. The minimum absolute atomic E-state index is 0.198. The average Bonchev–Trinajstić information content (AvgIpc) is 3.31. The molecule has 6 N–H and O–H groups in total. The largest absolute Gasteiger partial charge is 0.394 e. The van der Waals surface area contributed by atoms with Crippen molar-refractivity contribution in [2.75, 3.05) is 13.2 Å². The van der Waals surface area contributed by atoms with E-state index in [1.165, 1.54) is 89.9 Å². The third kappa shape index (κ3) is 35.0. The van der Waals surface area contributed by atoms with Crippen LogP contribution in [0, 0.1) is 0 Å². The van der Waals surface area contributed by atoms with Crippen molar-refractivity contribution < 1.29 is 39.8 Å². The summed E-state index contributed by atoms with van der Waals surface area (Å²) in [6.45, 7) is 3.59. The predicted octanol–water partition coefficient (Wildman–Crippen LogP) is 12.1. The Morgan fingerprint density at radius 1 is 0.538 bits per heavy atom. The molecule has 9 heteroatoms. The van der Waals surface area contributed by atoms with Crippen LogP contribution in [0.15, 0.2) is 97.2 Å². The fraction of sp³-hybridized carbons (Fsp3) is 0.696. The first kappa shape index (κ1) is 60.1. The van der Waals surface area contributed by atoms with E-state index >= 15 is 0 Å². The number of hydrogen-bond donors (Lipinski definition) is 6. The van der Waals surface area contributed by atoms with Crippen LogP contribution in [0.2, 0.25) is 0 Å². The first-order valence-electron chi connectivity index (χ1n) is 26.0. The number of aliphatic hydroxyl groups excluding tert-OH is 5. The van der Waals surface area contributed by atoms with E-state index in [0.717, 1.165) is 83.5 Å². The number of aliphatic hydroxyl groups is 5. The zero-order valence-electron chi connectivity index (χ0n) is 41.0. The quantitative estimate of drug-likeness (QED) is 0.0262. The molecule has 1 aliphatic heterocycles. The minimum Gasteiger partial charge on any atom is -0.394 e. The van der Waals surface area contributed by atoms with Gasteiger partial charge in [0.25, 0.3) is 0 Å². The third-order valence-electron chi connectivity index (χ3n) is 11.6. The van der Waals surface area contributed by atoms with Crippen LogP contribution in [0.3, 0.4) is 0 Å². The zero-order valence-corrected chi connectivity index (χ0v) is 41.0. The van der Waals surface area contributed by atoms with Gasteiger partial charge in [-0.05, 0) is 89.9 Å². The molecule has 0 spiro atoms. The molecule has 9 nitrogen and oxygen atoms in total. The van der Waals surface area contributed by atoms with Crippen molar-refractivity contribution >= 4 is 5.91 Å². The standard InChI is InChI=1S/C56H95NO8/c1-3-5-7-9-11-13-15-17-18-19-20-21-22-23-24-25-26-27-28-29-30-31-32-34-36-38-40-42-44-46-52(60)57-49(48-64-56-55(63)54(62)53(61)51(47-58)65-56)50(59)45-43-41-39-37-35-33-16-14-12-10-8-6-4-2/h5,7,11-14,17-18,20-21,23-24,35,37,43,45,49-51,53-56,58-59,61-63H,3-4,6,8-10,15-16,19,22,25-34,36,38-42,44,46-48H2,1-2H3,(H,57,60)/b7-5-,13-11-,14-12+,18-17-,21-20-,24-23-,37-35+,45-43+. The van der Waals surface area contributed by atoms with E-state index in [4.69, 9.17) is 9.47 Å². The highest BCUT2D eigenvalue weighted by Crippen LogP contribution is 2.22. The molecule has 1 aliphatic rings. The van der Waals surface area contributed by atoms with Crippen LogP contribution >= 0.6 is 0 Å². The van der Waals surface area contributed by atoms with Crippen molar-refractivity contribution in [1.82, 2.24) is 5.32 Å². The number of hydrogen-bond acceptors (Lipinski definition) is 8. The van der Waals surface area contributed by atoms with Gasteiger partial charge >= 0.3 is 0 Å². The van der Waals surface area contributed by atoms with Crippen LogP contribution in [0.5, 0.6) is 0 Å². The monoisotopic (exact) mass is 910 g/mol. The summed E-state index contributed by atoms with van der Waals surface area (Å²) in [4.78, 5) is 13.0. The maximum Gasteiger partial charge on any atom is 0.220 e. The fourth-order valence-electron chi connectivity index (χ4n) is 7.51. The van der Waals surface area contributed by atoms with E-state index in [2.05, 4.69) is 104 Å². The molecule has 7 atom stereocenters. The van der Waals surface area contributed by atoms with Crippen molar-refractivity contribution in [1.29, 1.82) is 0 Å². The molecule has 1 amide bonds. The van der Waals surface area contributed by atoms with Crippen molar-refractivity contribution in [2.24, 2.45) is 0 Å². The predicted molar refractivity (Wildman–Crippen MR) is 271 cm³/mol. The summed E-state index contributed by atoms with van der Waals surface area (Å²) in [6.07, 6.45) is 57.5. The molecule has 0 aromatic carbocycles. The Balaban J connectivity index is 2.23. The molecule has 0 aromatic heterocycles. The number of unbranched alkanes of at least 4 members (excludes halogenated alkanes) is 18. The minimum atomic E-state index is -1.58. The highest BCUT2D eigenvalue weighted by molar-refractivity contribution is 5.76. The van der Waals surface area contributed by atoms with Gasteiger partial charge in [-0.3, -0.25) is 4.79 Å². The topological polar surface area (TPSA) is 149 Å². The van der Waals surface area contributed by atoms with E-state index in [0.29, 0.717) is 6.42 Å². The Hall–Kier alpha value is -2.89. The van der Waals surface area contributed by atoms with Gasteiger partial charge < -0.3 is 40.3 Å². The number of carbonyl (C=O) groups is 1. The van der Waals surface area contributed by atoms with E-state index < -0.39 is 49.5 Å². The number of allylic oxidation sites excluding steroid dienone is 15. The Morgan fingerprint density at radius 3 is 1.48 bits per heavy atom. The van der Waals surface area contributed by atoms with Crippen molar-refractivity contribution in [3.05, 3.63) is 97.2 Å². The van der Waals surface area contributed by atoms with E-state index in [-0.39, 0.29) is 12.5 Å². The van der Waals surface area contributed by atoms with E-state index in [1.54, 1.807) is 6.08 Å². The van der Waals surface area contributed by atoms with Crippen LogP contribution in [0.4, 0.5) is 0 Å². The van der Waals surface area contributed by atoms with Gasteiger partial charge in [0.05, 0.1) is 25.4 Å². The van der Waals surface area contributed by atoms with Crippen molar-refractivity contribution in [3.63, 3.8) is 0 Å². The maximum absolute atomic E-state index is 13.0. The van der Waals surface area contributed by atoms with Crippen molar-refractivity contribution in [3.8, 4) is 0 Å². The summed E-state index contributed by atoms with van der Waals surface area (Å²) in [6, 6.07) is -0.833. The summed E-state index contributed by atoms with van der Waals surface area (Å²) in [5, 5.41) is 54.2. The van der Waals surface area contributed by atoms with Crippen LogP contribution in [0.1, 0.15) is 194 Å². The van der Waals surface area contributed by atoms with Gasteiger partial charge in [0, 0.05) is 6.42 Å². The molecule has 372 valence electrons. The first-order chi connectivity index (χ1) is 31.8. The van der Waals surface area contributed by atoms with Gasteiger partial charge in [0.2, 0.25) is 5.91 Å². The number of rotatable bonds is 42.